The Morgan fingerprint density at radius 2 is 1.88 bits per heavy atom. The van der Waals surface area contributed by atoms with Gasteiger partial charge in [-0.3, -0.25) is 0 Å². The zero-order valence-corrected chi connectivity index (χ0v) is 15.0. The summed E-state index contributed by atoms with van der Waals surface area (Å²) >= 11 is 0. The molecule has 1 heterocycles. The van der Waals surface area contributed by atoms with Gasteiger partial charge in [0.25, 0.3) is 0 Å². The molecule has 0 N–H and O–H groups in total. The van der Waals surface area contributed by atoms with Crippen LogP contribution in [0.1, 0.15) is 35.7 Å². The highest BCUT2D eigenvalue weighted by atomic mass is 16.6. The highest BCUT2D eigenvalue weighted by molar-refractivity contribution is 5.89. The average molecular weight is 356 g/mol. The first-order valence-corrected chi connectivity index (χ1v) is 8.98. The van der Waals surface area contributed by atoms with Crippen molar-refractivity contribution in [1.82, 2.24) is 0 Å². The summed E-state index contributed by atoms with van der Waals surface area (Å²) in [6.45, 7) is 4.02. The second-order valence-corrected chi connectivity index (χ2v) is 6.13. The van der Waals surface area contributed by atoms with Crippen molar-refractivity contribution >= 4 is 5.97 Å². The monoisotopic (exact) mass is 356 g/mol. The third-order valence-corrected chi connectivity index (χ3v) is 4.13. The molecule has 5 nitrogen and oxygen atoms in total. The molecule has 2 aromatic rings. The zero-order chi connectivity index (χ0) is 18.2. The molecule has 138 valence electrons. The minimum Gasteiger partial charge on any atom is -0.494 e. The number of ether oxygens (including phenoxy) is 4. The minimum atomic E-state index is -0.330. The largest absolute Gasteiger partial charge is 0.494 e. The van der Waals surface area contributed by atoms with Gasteiger partial charge >= 0.3 is 5.97 Å². The van der Waals surface area contributed by atoms with Gasteiger partial charge in [-0.15, -0.1) is 0 Å². The molecule has 1 saturated heterocycles. The third-order valence-electron chi connectivity index (χ3n) is 4.13. The second kappa shape index (κ2) is 9.25. The fraction of sp³-hybridized carbons (Fsp3) is 0.381. The summed E-state index contributed by atoms with van der Waals surface area (Å²) in [7, 11) is 0. The van der Waals surface area contributed by atoms with Crippen LogP contribution < -0.4 is 9.47 Å². The van der Waals surface area contributed by atoms with Gasteiger partial charge in [-0.05, 0) is 61.7 Å². The predicted molar refractivity (Wildman–Crippen MR) is 97.6 cm³/mol. The first-order valence-electron chi connectivity index (χ1n) is 8.98. The number of hydrogen-bond donors (Lipinski definition) is 0. The Hall–Kier alpha value is -2.53. The minimum absolute atomic E-state index is 0.0325. The fourth-order valence-corrected chi connectivity index (χ4v) is 2.78. The van der Waals surface area contributed by atoms with Gasteiger partial charge in [-0.2, -0.15) is 0 Å². The predicted octanol–water partition coefficient (Wildman–Crippen LogP) is 4.00. The number of rotatable bonds is 8. The SMILES string of the molecule is CCOc1ccc(OCc2cccc(C(=O)OC[C@@H]3CCCO3)c2)cc1. The lowest BCUT2D eigenvalue weighted by atomic mass is 10.1. The van der Waals surface area contributed by atoms with Gasteiger partial charge in [-0.25, -0.2) is 4.79 Å². The molecule has 0 spiro atoms. The summed E-state index contributed by atoms with van der Waals surface area (Å²) in [6, 6.07) is 14.8. The second-order valence-electron chi connectivity index (χ2n) is 6.13. The Bertz CT molecular complexity index is 705. The summed E-state index contributed by atoms with van der Waals surface area (Å²) in [5.74, 6) is 1.24. The summed E-state index contributed by atoms with van der Waals surface area (Å²) < 4.78 is 22.0. The van der Waals surface area contributed by atoms with E-state index in [0.29, 0.717) is 25.4 Å². The quantitative estimate of drug-likeness (QED) is 0.669. The summed E-state index contributed by atoms with van der Waals surface area (Å²) in [5.41, 5.74) is 1.43. The molecule has 3 rings (SSSR count). The highest BCUT2D eigenvalue weighted by Gasteiger charge is 2.18. The van der Waals surface area contributed by atoms with Crippen molar-refractivity contribution < 1.29 is 23.7 Å². The molecule has 1 aliphatic rings. The van der Waals surface area contributed by atoms with E-state index in [-0.39, 0.29) is 12.1 Å². The van der Waals surface area contributed by atoms with Crippen LogP contribution in [0, 0.1) is 0 Å². The van der Waals surface area contributed by atoms with E-state index in [1.807, 2.05) is 43.3 Å². The first-order chi connectivity index (χ1) is 12.7. The van der Waals surface area contributed by atoms with Gasteiger partial charge in [0.1, 0.15) is 24.7 Å². The summed E-state index contributed by atoms with van der Waals surface area (Å²) in [4.78, 5) is 12.2. The topological polar surface area (TPSA) is 54.0 Å². The van der Waals surface area contributed by atoms with E-state index in [1.165, 1.54) is 0 Å². The van der Waals surface area contributed by atoms with Crippen LogP contribution in [0.2, 0.25) is 0 Å². The molecular formula is C21H24O5. The van der Waals surface area contributed by atoms with Crippen LogP contribution in [0.25, 0.3) is 0 Å². The van der Waals surface area contributed by atoms with E-state index in [2.05, 4.69) is 0 Å². The Labute approximate surface area is 153 Å². The van der Waals surface area contributed by atoms with Crippen LogP contribution in [0.5, 0.6) is 11.5 Å². The lowest BCUT2D eigenvalue weighted by Gasteiger charge is -2.11. The molecule has 2 aromatic carbocycles. The van der Waals surface area contributed by atoms with E-state index >= 15 is 0 Å². The molecule has 0 aliphatic carbocycles. The van der Waals surface area contributed by atoms with E-state index in [1.54, 1.807) is 12.1 Å². The van der Waals surface area contributed by atoms with Crippen LogP contribution in [0.4, 0.5) is 0 Å². The van der Waals surface area contributed by atoms with Crippen LogP contribution in [-0.4, -0.2) is 31.9 Å². The van der Waals surface area contributed by atoms with Gasteiger partial charge in [0.15, 0.2) is 0 Å². The normalized spacial score (nSPS) is 16.3. The lowest BCUT2D eigenvalue weighted by molar-refractivity contribution is 0.0161. The standard InChI is InChI=1S/C21H24O5/c1-2-23-18-8-10-19(11-9-18)25-14-16-5-3-6-17(13-16)21(22)26-15-20-7-4-12-24-20/h3,5-6,8-11,13,20H,2,4,7,12,14-15H2,1H3/t20-/m0/s1. The van der Waals surface area contributed by atoms with Crippen molar-refractivity contribution in [3.05, 3.63) is 59.7 Å². The van der Waals surface area contributed by atoms with Crippen LogP contribution in [0.3, 0.4) is 0 Å². The molecular weight excluding hydrogens is 332 g/mol. The molecule has 1 aliphatic heterocycles. The average Bonchev–Trinajstić information content (AvgIpc) is 3.20. The highest BCUT2D eigenvalue weighted by Crippen LogP contribution is 2.19. The Balaban J connectivity index is 1.52. The number of benzene rings is 2. The molecule has 1 atom stereocenters. The maximum Gasteiger partial charge on any atom is 0.338 e. The molecule has 0 amide bonds. The molecule has 0 radical (unpaired) electrons. The zero-order valence-electron chi connectivity index (χ0n) is 15.0. The Morgan fingerprint density at radius 3 is 2.58 bits per heavy atom. The molecule has 1 fully saturated rings. The lowest BCUT2D eigenvalue weighted by Crippen LogP contribution is -2.18. The van der Waals surface area contributed by atoms with Gasteiger partial charge in [0, 0.05) is 6.61 Å². The first kappa shape index (κ1) is 18.3. The van der Waals surface area contributed by atoms with E-state index in [4.69, 9.17) is 18.9 Å². The molecule has 0 aromatic heterocycles. The molecule has 0 bridgehead atoms. The fourth-order valence-electron chi connectivity index (χ4n) is 2.78. The van der Waals surface area contributed by atoms with Crippen LogP contribution >= 0.6 is 0 Å². The number of hydrogen-bond acceptors (Lipinski definition) is 5. The van der Waals surface area contributed by atoms with Crippen molar-refractivity contribution in [2.75, 3.05) is 19.8 Å². The van der Waals surface area contributed by atoms with Crippen molar-refractivity contribution in [2.24, 2.45) is 0 Å². The van der Waals surface area contributed by atoms with Gasteiger partial charge < -0.3 is 18.9 Å². The third kappa shape index (κ3) is 5.23. The Kier molecular flexibility index (Phi) is 6.50. The molecule has 26 heavy (non-hydrogen) atoms. The maximum absolute atomic E-state index is 12.2. The molecule has 5 heteroatoms. The van der Waals surface area contributed by atoms with Gasteiger partial charge in [0.05, 0.1) is 18.3 Å². The van der Waals surface area contributed by atoms with E-state index in [9.17, 15) is 4.79 Å². The van der Waals surface area contributed by atoms with Crippen LogP contribution in [-0.2, 0) is 16.1 Å². The van der Waals surface area contributed by atoms with Gasteiger partial charge in [-0.1, -0.05) is 12.1 Å². The van der Waals surface area contributed by atoms with Crippen LogP contribution in [0.15, 0.2) is 48.5 Å². The summed E-state index contributed by atoms with van der Waals surface area (Å²) in [6.07, 6.45) is 2.01. The van der Waals surface area contributed by atoms with Crippen molar-refractivity contribution in [3.63, 3.8) is 0 Å². The number of esters is 1. The molecule has 0 saturated carbocycles. The maximum atomic E-state index is 12.2. The van der Waals surface area contributed by atoms with Crippen molar-refractivity contribution in [1.29, 1.82) is 0 Å². The van der Waals surface area contributed by atoms with Crippen molar-refractivity contribution in [2.45, 2.75) is 32.5 Å². The Morgan fingerprint density at radius 1 is 1.12 bits per heavy atom. The van der Waals surface area contributed by atoms with E-state index < -0.39 is 0 Å². The van der Waals surface area contributed by atoms with Crippen molar-refractivity contribution in [3.8, 4) is 11.5 Å². The number of carbonyl (C=O) groups is 1. The van der Waals surface area contributed by atoms with E-state index in [0.717, 1.165) is 36.5 Å². The summed E-state index contributed by atoms with van der Waals surface area (Å²) in [5, 5.41) is 0. The molecule has 0 unspecified atom stereocenters. The van der Waals surface area contributed by atoms with Gasteiger partial charge in [0.2, 0.25) is 0 Å². The number of carbonyl (C=O) groups excluding carboxylic acids is 1. The smallest absolute Gasteiger partial charge is 0.338 e.